The third kappa shape index (κ3) is 6.49. The molecule has 0 fully saturated rings. The van der Waals surface area contributed by atoms with E-state index >= 15 is 0 Å². The first kappa shape index (κ1) is 36.5. The molecule has 0 amide bonds. The Morgan fingerprint density at radius 3 is 1.44 bits per heavy atom. The van der Waals surface area contributed by atoms with Gasteiger partial charge in [0.15, 0.2) is 0 Å². The van der Waals surface area contributed by atoms with Crippen molar-refractivity contribution in [2.75, 3.05) is 0 Å². The van der Waals surface area contributed by atoms with Crippen LogP contribution in [0.5, 0.6) is 0 Å². The average molecular weight is 777 g/mol. The van der Waals surface area contributed by atoms with Crippen molar-refractivity contribution in [1.29, 1.82) is 0 Å². The summed E-state index contributed by atoms with van der Waals surface area (Å²) in [5, 5.41) is 10.0. The van der Waals surface area contributed by atoms with Crippen LogP contribution < -0.4 is 0 Å². The second-order valence-corrected chi connectivity index (χ2v) is 16.2. The third-order valence-corrected chi connectivity index (χ3v) is 12.6. The van der Waals surface area contributed by atoms with Crippen LogP contribution in [0.2, 0.25) is 0 Å². The minimum Gasteiger partial charge on any atom is -0.0651 e. The van der Waals surface area contributed by atoms with Gasteiger partial charge in [-0.05, 0) is 134 Å². The van der Waals surface area contributed by atoms with Crippen molar-refractivity contribution in [3.63, 3.8) is 0 Å². The van der Waals surface area contributed by atoms with Crippen molar-refractivity contribution in [3.05, 3.63) is 230 Å². The standard InChI is InChI=1S/C61H44/c1-2-16-41-31-33-45(34-32-41)59-53-26-10-12-28-55(53)60(56-29-13-11-27-54(56)59)48-36-35-44-37-38-57(52-30-15-20-43-19-6-7-24-50(43)52)61(58(44)40-48)47-22-14-21-46(39-47)51-25-9-8-23-49(51)42-17-4-3-5-18-42/h3-15,17-40H,2,16H2,1H3. The molecule has 11 rings (SSSR count). The first-order valence-electron chi connectivity index (χ1n) is 21.6. The largest absolute Gasteiger partial charge is 0.0651 e. The third-order valence-electron chi connectivity index (χ3n) is 12.6. The van der Waals surface area contributed by atoms with E-state index in [0.29, 0.717) is 0 Å². The molecule has 0 aliphatic carbocycles. The van der Waals surface area contributed by atoms with Gasteiger partial charge in [-0.3, -0.25) is 0 Å². The summed E-state index contributed by atoms with van der Waals surface area (Å²) >= 11 is 0. The van der Waals surface area contributed by atoms with Crippen molar-refractivity contribution < 1.29 is 0 Å². The van der Waals surface area contributed by atoms with Gasteiger partial charge in [-0.25, -0.2) is 0 Å². The monoisotopic (exact) mass is 776 g/mol. The summed E-state index contributed by atoms with van der Waals surface area (Å²) in [5.41, 5.74) is 16.2. The zero-order chi connectivity index (χ0) is 40.7. The van der Waals surface area contributed by atoms with E-state index in [1.54, 1.807) is 0 Å². The second kappa shape index (κ2) is 15.6. The summed E-state index contributed by atoms with van der Waals surface area (Å²) in [4.78, 5) is 0. The number of benzene rings is 11. The fourth-order valence-corrected chi connectivity index (χ4v) is 9.79. The van der Waals surface area contributed by atoms with Crippen molar-refractivity contribution in [2.24, 2.45) is 0 Å². The lowest BCUT2D eigenvalue weighted by molar-refractivity contribution is 0.922. The van der Waals surface area contributed by atoms with Crippen LogP contribution in [-0.2, 0) is 6.42 Å². The smallest absolute Gasteiger partial charge is 0.00261 e. The number of hydrogen-bond acceptors (Lipinski definition) is 0. The van der Waals surface area contributed by atoms with Crippen LogP contribution in [0.25, 0.3) is 110 Å². The molecule has 288 valence electrons. The van der Waals surface area contributed by atoms with Crippen LogP contribution in [0, 0.1) is 0 Å². The molecule has 0 spiro atoms. The zero-order valence-corrected chi connectivity index (χ0v) is 34.3. The molecule has 0 unspecified atom stereocenters. The Kier molecular flexibility index (Phi) is 9.32. The number of hydrogen-bond donors (Lipinski definition) is 0. The highest BCUT2D eigenvalue weighted by Gasteiger charge is 2.20. The van der Waals surface area contributed by atoms with Gasteiger partial charge in [-0.1, -0.05) is 226 Å². The van der Waals surface area contributed by atoms with Crippen molar-refractivity contribution in [3.8, 4) is 66.8 Å². The summed E-state index contributed by atoms with van der Waals surface area (Å²) in [6, 6.07) is 83.3. The molecule has 11 aromatic rings. The minimum atomic E-state index is 1.10. The molecule has 0 aliphatic rings. The van der Waals surface area contributed by atoms with Crippen LogP contribution in [0.1, 0.15) is 18.9 Å². The van der Waals surface area contributed by atoms with E-state index in [9.17, 15) is 0 Å². The number of fused-ring (bicyclic) bond motifs is 4. The Hall–Kier alpha value is -7.54. The molecule has 0 bridgehead atoms. The molecule has 0 N–H and O–H groups in total. The average Bonchev–Trinajstić information content (AvgIpc) is 3.33. The van der Waals surface area contributed by atoms with Crippen LogP contribution >= 0.6 is 0 Å². The van der Waals surface area contributed by atoms with Gasteiger partial charge in [0.2, 0.25) is 0 Å². The van der Waals surface area contributed by atoms with Gasteiger partial charge in [0.1, 0.15) is 0 Å². The topological polar surface area (TPSA) is 0 Å². The van der Waals surface area contributed by atoms with Crippen LogP contribution in [0.3, 0.4) is 0 Å². The Balaban J connectivity index is 1.18. The first-order chi connectivity index (χ1) is 30.2. The highest BCUT2D eigenvalue weighted by atomic mass is 14.2. The summed E-state index contributed by atoms with van der Waals surface area (Å²) in [6.45, 7) is 2.25. The molecule has 61 heavy (non-hydrogen) atoms. The van der Waals surface area contributed by atoms with Gasteiger partial charge in [0.25, 0.3) is 0 Å². The van der Waals surface area contributed by atoms with Gasteiger partial charge in [-0.2, -0.15) is 0 Å². The molecule has 0 saturated heterocycles. The van der Waals surface area contributed by atoms with E-state index < -0.39 is 0 Å². The van der Waals surface area contributed by atoms with E-state index in [1.165, 1.54) is 115 Å². The SMILES string of the molecule is CCCc1ccc(-c2c3ccccc3c(-c3ccc4ccc(-c5cccc6ccccc56)c(-c5cccc(-c6ccccc6-c6ccccc6)c5)c4c3)c3ccccc23)cc1. The quantitative estimate of drug-likeness (QED) is 0.135. The maximum Gasteiger partial charge on any atom is -0.00261 e. The molecule has 0 radical (unpaired) electrons. The summed E-state index contributed by atoms with van der Waals surface area (Å²) in [6.07, 6.45) is 2.24. The Bertz CT molecular complexity index is 3340. The maximum absolute atomic E-state index is 2.47. The van der Waals surface area contributed by atoms with E-state index in [1.807, 2.05) is 0 Å². The predicted molar refractivity (Wildman–Crippen MR) is 263 cm³/mol. The van der Waals surface area contributed by atoms with Gasteiger partial charge < -0.3 is 0 Å². The van der Waals surface area contributed by atoms with E-state index in [2.05, 4.69) is 231 Å². The molecular weight excluding hydrogens is 733 g/mol. The Morgan fingerprint density at radius 1 is 0.262 bits per heavy atom. The summed E-state index contributed by atoms with van der Waals surface area (Å²) in [7, 11) is 0. The molecule has 0 atom stereocenters. The van der Waals surface area contributed by atoms with Crippen LogP contribution in [0.4, 0.5) is 0 Å². The first-order valence-corrected chi connectivity index (χ1v) is 21.6. The molecule has 0 nitrogen and oxygen atoms in total. The van der Waals surface area contributed by atoms with Crippen LogP contribution in [0.15, 0.2) is 224 Å². The second-order valence-electron chi connectivity index (χ2n) is 16.2. The van der Waals surface area contributed by atoms with Gasteiger partial charge in [0, 0.05) is 0 Å². The minimum absolute atomic E-state index is 1.10. The van der Waals surface area contributed by atoms with Crippen molar-refractivity contribution >= 4 is 43.1 Å². The molecule has 0 heterocycles. The molecule has 0 saturated carbocycles. The van der Waals surface area contributed by atoms with Crippen molar-refractivity contribution in [2.45, 2.75) is 19.8 Å². The fourth-order valence-electron chi connectivity index (χ4n) is 9.79. The lowest BCUT2D eigenvalue weighted by atomic mass is 9.83. The molecule has 0 aliphatic heterocycles. The summed E-state index contributed by atoms with van der Waals surface area (Å²) < 4.78 is 0. The van der Waals surface area contributed by atoms with Crippen LogP contribution in [-0.4, -0.2) is 0 Å². The van der Waals surface area contributed by atoms with Crippen molar-refractivity contribution in [1.82, 2.24) is 0 Å². The van der Waals surface area contributed by atoms with Gasteiger partial charge >= 0.3 is 0 Å². The predicted octanol–water partition coefficient (Wildman–Crippen LogP) is 17.3. The van der Waals surface area contributed by atoms with E-state index in [-0.39, 0.29) is 0 Å². The highest BCUT2D eigenvalue weighted by Crippen LogP contribution is 2.47. The number of rotatable bonds is 8. The maximum atomic E-state index is 2.47. The van der Waals surface area contributed by atoms with Gasteiger partial charge in [-0.15, -0.1) is 0 Å². The van der Waals surface area contributed by atoms with Gasteiger partial charge in [0.05, 0.1) is 0 Å². The Morgan fingerprint density at radius 2 is 0.738 bits per heavy atom. The molecule has 0 aromatic heterocycles. The zero-order valence-electron chi connectivity index (χ0n) is 34.3. The Labute approximate surface area is 358 Å². The molecule has 11 aromatic carbocycles. The molecular formula is C61H44. The van der Waals surface area contributed by atoms with E-state index in [0.717, 1.165) is 12.8 Å². The number of aryl methyl sites for hydroxylation is 1. The molecule has 0 heteroatoms. The lowest BCUT2D eigenvalue weighted by Crippen LogP contribution is -1.93. The fraction of sp³-hybridized carbons (Fsp3) is 0.0492. The lowest BCUT2D eigenvalue weighted by Gasteiger charge is -2.20. The highest BCUT2D eigenvalue weighted by molar-refractivity contribution is 6.22. The summed E-state index contributed by atoms with van der Waals surface area (Å²) in [5.74, 6) is 0. The normalized spacial score (nSPS) is 11.5. The van der Waals surface area contributed by atoms with E-state index in [4.69, 9.17) is 0 Å².